The molecule has 1 atom stereocenters. The molecule has 0 saturated carbocycles. The highest BCUT2D eigenvalue weighted by atomic mass is 32.2. The lowest BCUT2D eigenvalue weighted by atomic mass is 10.1. The van der Waals surface area contributed by atoms with E-state index in [1.165, 1.54) is 4.90 Å². The Kier molecular flexibility index (Phi) is 9.49. The van der Waals surface area contributed by atoms with Crippen LogP contribution in [0, 0.1) is 13.8 Å². The lowest BCUT2D eigenvalue weighted by molar-refractivity contribution is -0.139. The molecule has 0 radical (unpaired) electrons. The number of carbonyl (C=O) groups excluding carboxylic acids is 2. The first kappa shape index (κ1) is 27.2. The van der Waals surface area contributed by atoms with E-state index in [0.717, 1.165) is 33.7 Å². The molecule has 186 valence electrons. The number of rotatable bonds is 11. The molecule has 0 fully saturated rings. The van der Waals surface area contributed by atoms with Gasteiger partial charge in [0.1, 0.15) is 18.3 Å². The Bertz CT molecular complexity index is 1100. The maximum Gasteiger partial charge on any atom is 0.244 e. The minimum atomic E-state index is -3.75. The summed E-state index contributed by atoms with van der Waals surface area (Å²) < 4.78 is 31.5. The first-order valence-electron chi connectivity index (χ1n) is 11.2. The summed E-state index contributed by atoms with van der Waals surface area (Å²) in [5.41, 5.74) is 3.14. The third-order valence-electron chi connectivity index (χ3n) is 5.69. The maximum absolute atomic E-state index is 13.5. The number of hydrogen-bond donors (Lipinski definition) is 1. The van der Waals surface area contributed by atoms with Crippen molar-refractivity contribution in [3.63, 3.8) is 0 Å². The van der Waals surface area contributed by atoms with Crippen molar-refractivity contribution in [2.24, 2.45) is 0 Å². The van der Waals surface area contributed by atoms with Gasteiger partial charge in [-0.3, -0.25) is 13.9 Å². The number of nitrogens with zero attached hydrogens (tertiary/aromatic N) is 2. The van der Waals surface area contributed by atoms with Gasteiger partial charge < -0.3 is 15.0 Å². The molecule has 0 bridgehead atoms. The number of sulfonamides is 1. The molecular weight excluding hydrogens is 454 g/mol. The number of hydrogen-bond acceptors (Lipinski definition) is 5. The van der Waals surface area contributed by atoms with E-state index in [-0.39, 0.29) is 12.5 Å². The Morgan fingerprint density at radius 3 is 2.24 bits per heavy atom. The zero-order valence-corrected chi connectivity index (χ0v) is 21.6. The van der Waals surface area contributed by atoms with Crippen LogP contribution < -0.4 is 14.4 Å². The summed E-state index contributed by atoms with van der Waals surface area (Å²) >= 11 is 0. The molecule has 34 heavy (non-hydrogen) atoms. The van der Waals surface area contributed by atoms with Crippen molar-refractivity contribution >= 4 is 27.5 Å². The van der Waals surface area contributed by atoms with Gasteiger partial charge in [-0.2, -0.15) is 0 Å². The number of nitrogens with one attached hydrogen (secondary N) is 1. The smallest absolute Gasteiger partial charge is 0.244 e. The minimum Gasteiger partial charge on any atom is -0.497 e. The molecule has 1 N–H and O–H groups in total. The van der Waals surface area contributed by atoms with Gasteiger partial charge in [-0.05, 0) is 68.1 Å². The van der Waals surface area contributed by atoms with Crippen molar-refractivity contribution in [1.29, 1.82) is 0 Å². The number of anilines is 1. The maximum atomic E-state index is 13.5. The molecule has 0 aliphatic carbocycles. The average molecular weight is 490 g/mol. The lowest BCUT2D eigenvalue weighted by Crippen LogP contribution is -2.51. The number of benzene rings is 2. The first-order chi connectivity index (χ1) is 16.0. The van der Waals surface area contributed by atoms with E-state index in [4.69, 9.17) is 4.74 Å². The van der Waals surface area contributed by atoms with E-state index in [9.17, 15) is 18.0 Å². The third kappa shape index (κ3) is 7.21. The monoisotopic (exact) mass is 489 g/mol. The van der Waals surface area contributed by atoms with Gasteiger partial charge in [0.05, 0.1) is 19.1 Å². The Hall–Kier alpha value is -3.07. The molecule has 2 aromatic carbocycles. The SMILES string of the molecule is CCCNC(=O)[C@@H](C)N(Cc1ccc(OC)cc1)C(=O)CN(c1ccc(C)c(C)c1)S(C)(=O)=O. The van der Waals surface area contributed by atoms with Gasteiger partial charge in [0, 0.05) is 13.1 Å². The lowest BCUT2D eigenvalue weighted by Gasteiger charge is -2.31. The topological polar surface area (TPSA) is 96.0 Å². The highest BCUT2D eigenvalue weighted by Gasteiger charge is 2.30. The van der Waals surface area contributed by atoms with Crippen LogP contribution in [0.4, 0.5) is 5.69 Å². The van der Waals surface area contributed by atoms with Crippen LogP contribution in [0.25, 0.3) is 0 Å². The summed E-state index contributed by atoms with van der Waals surface area (Å²) in [5.74, 6) is -0.0900. The summed E-state index contributed by atoms with van der Waals surface area (Å²) in [6.07, 6.45) is 1.83. The standard InChI is InChI=1S/C25H35N3O5S/c1-7-14-26-25(30)20(4)27(16-21-9-12-23(33-5)13-10-21)24(29)17-28(34(6,31)32)22-11-8-18(2)19(3)15-22/h8-13,15,20H,7,14,16-17H2,1-6H3,(H,26,30)/t20-/m1/s1. The van der Waals surface area contributed by atoms with Crippen molar-refractivity contribution in [2.75, 3.05) is 30.8 Å². The number of methoxy groups -OCH3 is 1. The van der Waals surface area contributed by atoms with Crippen molar-refractivity contribution in [1.82, 2.24) is 10.2 Å². The average Bonchev–Trinajstić information content (AvgIpc) is 2.80. The Morgan fingerprint density at radius 1 is 1.06 bits per heavy atom. The van der Waals surface area contributed by atoms with Crippen LogP contribution >= 0.6 is 0 Å². The second-order valence-corrected chi connectivity index (χ2v) is 10.3. The van der Waals surface area contributed by atoms with Gasteiger partial charge in [-0.25, -0.2) is 8.42 Å². The number of ether oxygens (including phenoxy) is 1. The molecule has 8 nitrogen and oxygen atoms in total. The third-order valence-corrected chi connectivity index (χ3v) is 6.83. The first-order valence-corrected chi connectivity index (χ1v) is 13.1. The van der Waals surface area contributed by atoms with E-state index in [1.54, 1.807) is 38.3 Å². The van der Waals surface area contributed by atoms with E-state index in [0.29, 0.717) is 18.0 Å². The van der Waals surface area contributed by atoms with Crippen LogP contribution in [0.2, 0.25) is 0 Å². The van der Waals surface area contributed by atoms with Crippen LogP contribution in [0.3, 0.4) is 0 Å². The molecule has 0 aromatic heterocycles. The summed E-state index contributed by atoms with van der Waals surface area (Å²) in [7, 11) is -2.18. The Labute approximate surface area is 202 Å². The summed E-state index contributed by atoms with van der Waals surface area (Å²) in [5, 5.41) is 2.82. The molecule has 2 amide bonds. The van der Waals surface area contributed by atoms with Gasteiger partial charge in [0.15, 0.2) is 0 Å². The molecule has 0 aliphatic heterocycles. The van der Waals surface area contributed by atoms with Crippen molar-refractivity contribution in [3.8, 4) is 5.75 Å². The van der Waals surface area contributed by atoms with Gasteiger partial charge in [0.2, 0.25) is 21.8 Å². The van der Waals surface area contributed by atoms with Gasteiger partial charge in [0.25, 0.3) is 0 Å². The molecule has 0 heterocycles. The summed E-state index contributed by atoms with van der Waals surface area (Å²) in [4.78, 5) is 27.6. The molecule has 0 saturated heterocycles. The second-order valence-electron chi connectivity index (χ2n) is 8.37. The van der Waals surface area contributed by atoms with Crippen LogP contribution in [0.1, 0.15) is 37.0 Å². The second kappa shape index (κ2) is 11.9. The minimum absolute atomic E-state index is 0.147. The summed E-state index contributed by atoms with van der Waals surface area (Å²) in [6, 6.07) is 11.6. The van der Waals surface area contributed by atoms with Crippen LogP contribution in [-0.2, 0) is 26.2 Å². The molecular formula is C25H35N3O5S. The normalized spacial score (nSPS) is 12.1. The van der Waals surface area contributed by atoms with Crippen LogP contribution in [-0.4, -0.2) is 57.6 Å². The van der Waals surface area contributed by atoms with E-state index in [1.807, 2.05) is 39.0 Å². The van der Waals surface area contributed by atoms with Gasteiger partial charge in [-0.1, -0.05) is 25.1 Å². The predicted molar refractivity (Wildman–Crippen MR) is 134 cm³/mol. The highest BCUT2D eigenvalue weighted by molar-refractivity contribution is 7.92. The molecule has 0 aliphatic rings. The molecule has 9 heteroatoms. The summed E-state index contributed by atoms with van der Waals surface area (Å²) in [6.45, 7) is 7.63. The van der Waals surface area contributed by atoms with E-state index in [2.05, 4.69) is 5.32 Å². The zero-order valence-electron chi connectivity index (χ0n) is 20.8. The highest BCUT2D eigenvalue weighted by Crippen LogP contribution is 2.22. The quantitative estimate of drug-likeness (QED) is 0.523. The largest absolute Gasteiger partial charge is 0.497 e. The van der Waals surface area contributed by atoms with Gasteiger partial charge >= 0.3 is 0 Å². The predicted octanol–water partition coefficient (Wildman–Crippen LogP) is 3.02. The number of carbonyl (C=O) groups is 2. The van der Waals surface area contributed by atoms with Crippen molar-refractivity contribution in [2.45, 2.75) is 46.7 Å². The van der Waals surface area contributed by atoms with Crippen LogP contribution in [0.15, 0.2) is 42.5 Å². The van der Waals surface area contributed by atoms with Crippen molar-refractivity contribution < 1.29 is 22.7 Å². The van der Waals surface area contributed by atoms with Gasteiger partial charge in [-0.15, -0.1) is 0 Å². The molecule has 2 aromatic rings. The fraction of sp³-hybridized carbons (Fsp3) is 0.440. The fourth-order valence-electron chi connectivity index (χ4n) is 3.40. The van der Waals surface area contributed by atoms with E-state index < -0.39 is 28.5 Å². The Morgan fingerprint density at radius 2 is 1.71 bits per heavy atom. The molecule has 0 spiro atoms. The van der Waals surface area contributed by atoms with E-state index >= 15 is 0 Å². The Balaban J connectivity index is 2.38. The van der Waals surface area contributed by atoms with Crippen molar-refractivity contribution in [3.05, 3.63) is 59.2 Å². The molecule has 0 unspecified atom stereocenters. The number of aryl methyl sites for hydroxylation is 2. The number of amides is 2. The molecule has 2 rings (SSSR count). The van der Waals surface area contributed by atoms with Crippen LogP contribution in [0.5, 0.6) is 5.75 Å². The zero-order chi connectivity index (χ0) is 25.5. The fourth-order valence-corrected chi connectivity index (χ4v) is 4.24.